The van der Waals surface area contributed by atoms with Crippen LogP contribution in [0.1, 0.15) is 6.92 Å². The maximum atomic E-state index is 9.61. The van der Waals surface area contributed by atoms with Crippen LogP contribution in [0.2, 0.25) is 0 Å². The van der Waals surface area contributed by atoms with Gasteiger partial charge in [-0.25, -0.2) is 0 Å². The molecule has 0 spiro atoms. The summed E-state index contributed by atoms with van der Waals surface area (Å²) in [4.78, 5) is 21.2. The van der Waals surface area contributed by atoms with E-state index in [0.717, 1.165) is 6.92 Å². The van der Waals surface area contributed by atoms with Crippen LogP contribution in [0.5, 0.6) is 0 Å². The monoisotopic (exact) mass is 277 g/mol. The topological polar surface area (TPSA) is 83.5 Å². The number of nitrogens with zero attached hydrogens (tertiary/aromatic N) is 1. The van der Waals surface area contributed by atoms with E-state index in [1.54, 1.807) is 0 Å². The largest absolute Gasteiger partial charge is 1.00 e. The van der Waals surface area contributed by atoms with E-state index in [2.05, 4.69) is 26.3 Å². The third-order valence-electron chi connectivity index (χ3n) is 0.707. The van der Waals surface area contributed by atoms with Gasteiger partial charge in [-0.15, -0.1) is 26.3 Å². The minimum atomic E-state index is -1.62. The van der Waals surface area contributed by atoms with E-state index in [-0.39, 0.29) is 59.1 Å². The Bertz CT molecular complexity index is 171. The van der Waals surface area contributed by atoms with Crippen LogP contribution in [-0.4, -0.2) is 38.0 Å². The molecule has 0 aromatic heterocycles. The molecule has 0 atom stereocenters. The second-order valence-electron chi connectivity index (χ2n) is 2.70. The zero-order valence-electron chi connectivity index (χ0n) is 12.5. The van der Waals surface area contributed by atoms with Gasteiger partial charge in [0.25, 0.3) is 0 Å². The normalized spacial score (nSPS) is 6.56. The van der Waals surface area contributed by atoms with Crippen molar-refractivity contribution >= 4 is 11.9 Å². The second-order valence-corrected chi connectivity index (χ2v) is 2.70. The van der Waals surface area contributed by atoms with Crippen LogP contribution in [0, 0.1) is 5.92 Å². The van der Waals surface area contributed by atoms with Crippen LogP contribution in [0.4, 0.5) is 0 Å². The molecule has 0 rings (SSSR count). The molecule has 0 heterocycles. The maximum absolute atomic E-state index is 9.61. The average Bonchev–Trinajstić information content (AvgIpc) is 2.21. The van der Waals surface area contributed by atoms with Crippen molar-refractivity contribution in [3.05, 3.63) is 26.3 Å². The van der Waals surface area contributed by atoms with Gasteiger partial charge in [0.05, 0.1) is 0 Å². The molecule has 0 aromatic rings. The first-order valence-electron chi connectivity index (χ1n) is 4.31. The number of hydrogen-bond donors (Lipinski definition) is 0. The summed E-state index contributed by atoms with van der Waals surface area (Å²) >= 11 is 0. The Morgan fingerprint density at radius 3 is 1.00 bits per heavy atom. The molecule has 5 nitrogen and oxygen atoms in total. The molecule has 0 fully saturated rings. The van der Waals surface area contributed by atoms with Gasteiger partial charge in [0.2, 0.25) is 0 Å². The van der Waals surface area contributed by atoms with Crippen molar-refractivity contribution < 1.29 is 78.9 Å². The van der Waals surface area contributed by atoms with Crippen LogP contribution in [0.25, 0.3) is 0 Å². The summed E-state index contributed by atoms with van der Waals surface area (Å²) in [6.07, 6.45) is 0. The van der Waals surface area contributed by atoms with E-state index < -0.39 is 17.9 Å². The second kappa shape index (κ2) is 30.4. The fourth-order valence-corrected chi connectivity index (χ4v) is 0.0962. The fraction of sp³-hybridized carbons (Fsp3) is 0.455. The van der Waals surface area contributed by atoms with E-state index in [9.17, 15) is 19.8 Å². The van der Waals surface area contributed by atoms with E-state index in [1.165, 1.54) is 0 Å². The van der Waals surface area contributed by atoms with Gasteiger partial charge in [-0.05, 0) is 21.1 Å². The van der Waals surface area contributed by atoms with E-state index in [0.29, 0.717) is 0 Å². The quantitative estimate of drug-likeness (QED) is 0.284. The SMILES string of the molecule is C=C.C=C.CC(C(=O)[O-])C(=O)[O-].CN(C)C.[Na+].[Na+]. The molecule has 0 aliphatic heterocycles. The Hall–Kier alpha value is 0.380. The van der Waals surface area contributed by atoms with Gasteiger partial charge < -0.3 is 24.7 Å². The number of carbonyl (C=O) groups is 2. The van der Waals surface area contributed by atoms with Crippen molar-refractivity contribution in [2.24, 2.45) is 5.92 Å². The maximum Gasteiger partial charge on any atom is 1.00 e. The third kappa shape index (κ3) is 55.2. The van der Waals surface area contributed by atoms with Crippen LogP contribution in [-0.2, 0) is 9.59 Å². The molecular weight excluding hydrogens is 256 g/mol. The van der Waals surface area contributed by atoms with Gasteiger partial charge in [-0.2, -0.15) is 0 Å². The Labute approximate surface area is 155 Å². The van der Waals surface area contributed by atoms with Gasteiger partial charge >= 0.3 is 59.1 Å². The van der Waals surface area contributed by atoms with E-state index in [4.69, 9.17) is 0 Å². The van der Waals surface area contributed by atoms with Crippen molar-refractivity contribution in [3.63, 3.8) is 0 Å². The summed E-state index contributed by atoms with van der Waals surface area (Å²) in [6.45, 7) is 13.0. The van der Waals surface area contributed by atoms with Crippen molar-refractivity contribution in [2.45, 2.75) is 6.92 Å². The van der Waals surface area contributed by atoms with Crippen LogP contribution in [0.15, 0.2) is 26.3 Å². The summed E-state index contributed by atoms with van der Waals surface area (Å²) in [5.41, 5.74) is 0. The van der Waals surface area contributed by atoms with Gasteiger partial charge in [-0.1, -0.05) is 6.92 Å². The standard InChI is InChI=1S/C4H6O4.C3H9N.2C2H4.2Na/c1-2(3(5)6)4(7)8;1-4(2)3;2*1-2;;/h2H,1H3,(H,5,6)(H,7,8);1-3H3;2*1-2H2;;/q;;;;2*+1/p-2. The number of hydrogen-bond acceptors (Lipinski definition) is 5. The fourth-order valence-electron chi connectivity index (χ4n) is 0.0962. The molecule has 0 saturated carbocycles. The molecule has 0 unspecified atom stereocenters. The number of carboxylic acid groups (broad SMARTS) is 2. The van der Waals surface area contributed by atoms with Gasteiger partial charge in [-0.3, -0.25) is 0 Å². The van der Waals surface area contributed by atoms with Crippen molar-refractivity contribution in [2.75, 3.05) is 21.1 Å². The zero-order chi connectivity index (χ0) is 14.3. The molecule has 0 aliphatic carbocycles. The first kappa shape index (κ1) is 36.2. The average molecular weight is 277 g/mol. The Kier molecular flexibility index (Phi) is 61.2. The number of carboxylic acids is 2. The van der Waals surface area contributed by atoms with Gasteiger partial charge in [0.1, 0.15) is 0 Å². The van der Waals surface area contributed by atoms with Gasteiger partial charge in [0.15, 0.2) is 0 Å². The molecule has 18 heavy (non-hydrogen) atoms. The van der Waals surface area contributed by atoms with Crippen molar-refractivity contribution in [1.29, 1.82) is 0 Å². The summed E-state index contributed by atoms with van der Waals surface area (Å²) in [6, 6.07) is 0. The van der Waals surface area contributed by atoms with E-state index >= 15 is 0 Å². The number of carbonyl (C=O) groups excluding carboxylic acids is 2. The summed E-state index contributed by atoms with van der Waals surface area (Å²) in [5.74, 6) is -4.76. The van der Waals surface area contributed by atoms with Crippen molar-refractivity contribution in [3.8, 4) is 0 Å². The molecule has 0 aromatic carbocycles. The van der Waals surface area contributed by atoms with Crippen LogP contribution < -0.4 is 69.3 Å². The molecule has 0 saturated heterocycles. The molecule has 0 N–H and O–H groups in total. The predicted octanol–water partition coefficient (Wildman–Crippen LogP) is -7.09. The predicted molar refractivity (Wildman–Crippen MR) is 61.3 cm³/mol. The molecular formula is C11H21NNa2O4. The third-order valence-corrected chi connectivity index (χ3v) is 0.707. The Morgan fingerprint density at radius 2 is 1.00 bits per heavy atom. The van der Waals surface area contributed by atoms with Crippen molar-refractivity contribution in [1.82, 2.24) is 4.90 Å². The number of aliphatic carboxylic acids is 2. The molecule has 0 amide bonds. The molecule has 0 radical (unpaired) electrons. The van der Waals surface area contributed by atoms with Crippen LogP contribution >= 0.6 is 0 Å². The first-order chi connectivity index (χ1) is 7.29. The smallest absolute Gasteiger partial charge is 0.549 e. The molecule has 0 aliphatic rings. The molecule has 0 bridgehead atoms. The minimum absolute atomic E-state index is 0. The molecule has 96 valence electrons. The van der Waals surface area contributed by atoms with Crippen LogP contribution in [0.3, 0.4) is 0 Å². The Balaban J connectivity index is -0.0000000312. The van der Waals surface area contributed by atoms with Gasteiger partial charge in [0, 0.05) is 17.9 Å². The zero-order valence-corrected chi connectivity index (χ0v) is 16.5. The number of rotatable bonds is 2. The molecule has 7 heteroatoms. The first-order valence-corrected chi connectivity index (χ1v) is 4.31. The summed E-state index contributed by atoms with van der Waals surface area (Å²) in [7, 11) is 6.00. The Morgan fingerprint density at radius 1 is 0.889 bits per heavy atom. The summed E-state index contributed by atoms with van der Waals surface area (Å²) in [5, 5.41) is 19.2. The van der Waals surface area contributed by atoms with E-state index in [1.807, 2.05) is 26.0 Å². The summed E-state index contributed by atoms with van der Waals surface area (Å²) < 4.78 is 0. The minimum Gasteiger partial charge on any atom is -0.549 e.